The minimum atomic E-state index is -1.84. The summed E-state index contributed by atoms with van der Waals surface area (Å²) in [6.45, 7) is 3.64. The Morgan fingerprint density at radius 3 is 2.53 bits per heavy atom. The topological polar surface area (TPSA) is 104 Å². The molecule has 5 rings (SSSR count). The van der Waals surface area contributed by atoms with Gasteiger partial charge < -0.3 is 24.7 Å². The summed E-state index contributed by atoms with van der Waals surface area (Å²) in [5, 5.41) is 0.570. The summed E-state index contributed by atoms with van der Waals surface area (Å²) in [5.74, 6) is -1.45. The number of pyridine rings is 1. The van der Waals surface area contributed by atoms with Crippen LogP contribution in [0.4, 0.5) is 5.69 Å². The number of rotatable bonds is 4. The molecule has 0 radical (unpaired) electrons. The average Bonchev–Trinajstić information content (AvgIpc) is 3.07. The highest BCUT2D eigenvalue weighted by molar-refractivity contribution is 6.30. The number of halogens is 1. The van der Waals surface area contributed by atoms with Gasteiger partial charge in [0.05, 0.1) is 18.7 Å². The van der Waals surface area contributed by atoms with Crippen LogP contribution in [0.5, 0.6) is 5.75 Å². The fourth-order valence-electron chi connectivity index (χ4n) is 5.02. The first-order valence-corrected chi connectivity index (χ1v) is 11.8. The van der Waals surface area contributed by atoms with Crippen molar-refractivity contribution in [1.82, 2.24) is 4.57 Å². The van der Waals surface area contributed by atoms with Crippen molar-refractivity contribution < 1.29 is 19.1 Å². The van der Waals surface area contributed by atoms with Gasteiger partial charge in [-0.05, 0) is 37.6 Å². The zero-order chi connectivity index (χ0) is 25.8. The van der Waals surface area contributed by atoms with Crippen molar-refractivity contribution in [3.63, 3.8) is 0 Å². The molecule has 9 heteroatoms. The van der Waals surface area contributed by atoms with Crippen LogP contribution in [0.2, 0.25) is 5.02 Å². The van der Waals surface area contributed by atoms with Gasteiger partial charge in [-0.2, -0.15) is 0 Å². The van der Waals surface area contributed by atoms with Crippen LogP contribution in [0.25, 0.3) is 0 Å². The third kappa shape index (κ3) is 3.25. The number of aryl methyl sites for hydroxylation is 1. The Kier molecular flexibility index (Phi) is 5.64. The lowest BCUT2D eigenvalue weighted by Crippen LogP contribution is -2.51. The van der Waals surface area contributed by atoms with Crippen LogP contribution in [0.3, 0.4) is 0 Å². The largest absolute Gasteiger partial charge is 0.462 e. The summed E-state index contributed by atoms with van der Waals surface area (Å²) >= 11 is 6.05. The van der Waals surface area contributed by atoms with Gasteiger partial charge in [-0.15, -0.1) is 0 Å². The van der Waals surface area contributed by atoms with Crippen LogP contribution < -0.4 is 20.9 Å². The van der Waals surface area contributed by atoms with E-state index in [-0.39, 0.29) is 35.9 Å². The molecule has 36 heavy (non-hydrogen) atoms. The van der Waals surface area contributed by atoms with E-state index in [1.165, 1.54) is 4.57 Å². The van der Waals surface area contributed by atoms with Crippen molar-refractivity contribution >= 4 is 29.2 Å². The van der Waals surface area contributed by atoms with E-state index in [1.54, 1.807) is 68.3 Å². The fraction of sp³-hybridized carbons (Fsp3) is 0.222. The number of hydrogen-bond acceptors (Lipinski definition) is 6. The van der Waals surface area contributed by atoms with Crippen molar-refractivity contribution in [3.8, 4) is 5.75 Å². The summed E-state index contributed by atoms with van der Waals surface area (Å²) in [4.78, 5) is 43.3. The van der Waals surface area contributed by atoms with E-state index in [0.717, 1.165) is 5.56 Å². The molecule has 3 aromatic rings. The van der Waals surface area contributed by atoms with Crippen molar-refractivity contribution in [2.24, 2.45) is 12.8 Å². The Labute approximate surface area is 212 Å². The van der Waals surface area contributed by atoms with Crippen molar-refractivity contribution in [3.05, 3.63) is 104 Å². The lowest BCUT2D eigenvalue weighted by atomic mass is 9.68. The number of amides is 1. The molecule has 0 saturated heterocycles. The van der Waals surface area contributed by atoms with E-state index in [1.807, 2.05) is 12.1 Å². The maximum absolute atomic E-state index is 14.6. The third-order valence-corrected chi connectivity index (χ3v) is 7.00. The monoisotopic (exact) mass is 505 g/mol. The van der Waals surface area contributed by atoms with Crippen LogP contribution in [0.1, 0.15) is 29.3 Å². The molecule has 8 nitrogen and oxygen atoms in total. The van der Waals surface area contributed by atoms with Gasteiger partial charge in [0, 0.05) is 35.1 Å². The van der Waals surface area contributed by atoms with E-state index in [0.29, 0.717) is 22.0 Å². The van der Waals surface area contributed by atoms with Gasteiger partial charge in [-0.3, -0.25) is 9.59 Å². The SMILES string of the molecule is CCOC(=O)C1=C(N)Oc2cc(C)n(C)c(=O)c2C12C(=O)N(Cc1ccc(Cl)cc1)c1ccccc12. The molecule has 1 aromatic heterocycles. The Balaban J connectivity index is 1.84. The highest BCUT2D eigenvalue weighted by Gasteiger charge is 2.62. The summed E-state index contributed by atoms with van der Waals surface area (Å²) in [6.07, 6.45) is 0. The molecule has 1 atom stereocenters. The Morgan fingerprint density at radius 2 is 1.83 bits per heavy atom. The molecule has 2 aliphatic heterocycles. The molecule has 1 spiro atoms. The third-order valence-electron chi connectivity index (χ3n) is 6.75. The summed E-state index contributed by atoms with van der Waals surface area (Å²) in [7, 11) is 1.61. The average molecular weight is 506 g/mol. The van der Waals surface area contributed by atoms with Crippen molar-refractivity contribution in [2.45, 2.75) is 25.8 Å². The van der Waals surface area contributed by atoms with Gasteiger partial charge in [0.2, 0.25) is 11.8 Å². The lowest BCUT2D eigenvalue weighted by Gasteiger charge is -2.35. The van der Waals surface area contributed by atoms with E-state index in [9.17, 15) is 14.4 Å². The first-order chi connectivity index (χ1) is 17.2. The maximum Gasteiger partial charge on any atom is 0.341 e. The first kappa shape index (κ1) is 23.7. The highest BCUT2D eigenvalue weighted by atomic mass is 35.5. The minimum absolute atomic E-state index is 0.0314. The zero-order valence-electron chi connectivity index (χ0n) is 20.0. The summed E-state index contributed by atoms with van der Waals surface area (Å²) < 4.78 is 12.6. The first-order valence-electron chi connectivity index (χ1n) is 11.4. The smallest absolute Gasteiger partial charge is 0.341 e. The molecule has 2 aliphatic rings. The number of carbonyl (C=O) groups is 2. The second kappa shape index (κ2) is 8.57. The van der Waals surface area contributed by atoms with Gasteiger partial charge in [-0.1, -0.05) is 41.9 Å². The maximum atomic E-state index is 14.6. The molecule has 0 bridgehead atoms. The molecule has 0 aliphatic carbocycles. The molecule has 0 saturated carbocycles. The molecule has 3 heterocycles. The molecule has 184 valence electrons. The van der Waals surface area contributed by atoms with Gasteiger partial charge >= 0.3 is 5.97 Å². The summed E-state index contributed by atoms with van der Waals surface area (Å²) in [5.41, 5.74) is 6.29. The standard InChI is InChI=1S/C27H24ClN3O5/c1-4-35-25(33)22-23(29)36-20-13-15(2)30(3)24(32)21(20)27(22)18-7-5-6-8-19(18)31(26(27)34)14-16-9-11-17(28)12-10-16/h5-13H,4,14,29H2,1-3H3. The van der Waals surface area contributed by atoms with Gasteiger partial charge in [0.25, 0.3) is 5.56 Å². The zero-order valence-corrected chi connectivity index (χ0v) is 20.8. The van der Waals surface area contributed by atoms with Crippen LogP contribution in [0.15, 0.2) is 70.8 Å². The number of ether oxygens (including phenoxy) is 2. The van der Waals surface area contributed by atoms with Crippen LogP contribution in [0, 0.1) is 6.92 Å². The van der Waals surface area contributed by atoms with Crippen molar-refractivity contribution in [2.75, 3.05) is 11.5 Å². The number of hydrogen-bond donors (Lipinski definition) is 1. The normalized spacial score (nSPS) is 18.2. The van der Waals surface area contributed by atoms with E-state index in [4.69, 9.17) is 26.8 Å². The van der Waals surface area contributed by atoms with E-state index in [2.05, 4.69) is 0 Å². The second-order valence-corrected chi connectivity index (χ2v) is 9.17. The minimum Gasteiger partial charge on any atom is -0.462 e. The van der Waals surface area contributed by atoms with Crippen LogP contribution >= 0.6 is 11.6 Å². The van der Waals surface area contributed by atoms with Gasteiger partial charge in [-0.25, -0.2) is 4.79 Å². The molecule has 1 unspecified atom stereocenters. The fourth-order valence-corrected chi connectivity index (χ4v) is 5.15. The predicted octanol–water partition coefficient (Wildman–Crippen LogP) is 3.31. The Bertz CT molecular complexity index is 1510. The number of nitrogens with zero attached hydrogens (tertiary/aromatic N) is 2. The number of esters is 1. The van der Waals surface area contributed by atoms with Crippen molar-refractivity contribution in [1.29, 1.82) is 0 Å². The van der Waals surface area contributed by atoms with E-state index < -0.39 is 22.9 Å². The highest BCUT2D eigenvalue weighted by Crippen LogP contribution is 2.54. The second-order valence-electron chi connectivity index (χ2n) is 8.74. The number of fused-ring (bicyclic) bond motifs is 4. The number of anilines is 1. The van der Waals surface area contributed by atoms with Crippen LogP contribution in [-0.4, -0.2) is 23.1 Å². The Morgan fingerprint density at radius 1 is 1.14 bits per heavy atom. The van der Waals surface area contributed by atoms with Gasteiger partial charge in [0.15, 0.2) is 0 Å². The number of carbonyl (C=O) groups excluding carboxylic acids is 2. The molecule has 2 aromatic carbocycles. The number of aromatic nitrogens is 1. The number of para-hydroxylation sites is 1. The van der Waals surface area contributed by atoms with Gasteiger partial charge in [0.1, 0.15) is 16.7 Å². The molecular formula is C27H24ClN3O5. The predicted molar refractivity (Wildman–Crippen MR) is 135 cm³/mol. The summed E-state index contributed by atoms with van der Waals surface area (Å²) in [6, 6.07) is 15.8. The molecule has 1 amide bonds. The Hall–Kier alpha value is -4.04. The number of benzene rings is 2. The molecular weight excluding hydrogens is 482 g/mol. The molecule has 0 fully saturated rings. The van der Waals surface area contributed by atoms with E-state index >= 15 is 0 Å². The molecule has 2 N–H and O–H groups in total. The quantitative estimate of drug-likeness (QED) is 0.546. The van der Waals surface area contributed by atoms with Crippen LogP contribution in [-0.2, 0) is 33.3 Å². The lowest BCUT2D eigenvalue weighted by molar-refractivity contribution is -0.140. The number of nitrogens with two attached hydrogens (primary N) is 1.